The number of carbonyl (C=O) groups excluding carboxylic acids is 1. The van der Waals surface area contributed by atoms with E-state index in [1.807, 2.05) is 13.8 Å². The van der Waals surface area contributed by atoms with Crippen molar-refractivity contribution in [3.63, 3.8) is 0 Å². The number of carboxylic acid groups (broad SMARTS) is 1. The maximum atomic E-state index is 11.3. The van der Waals surface area contributed by atoms with Crippen molar-refractivity contribution in [3.05, 3.63) is 11.8 Å². The molecule has 0 aliphatic rings. The van der Waals surface area contributed by atoms with E-state index in [9.17, 15) is 9.59 Å². The number of carbonyl (C=O) groups is 2. The number of hydrogen-bond donors (Lipinski definition) is 2. The number of amides is 1. The van der Waals surface area contributed by atoms with Crippen LogP contribution in [0, 0.1) is 5.92 Å². The van der Waals surface area contributed by atoms with Gasteiger partial charge in [-0.2, -0.15) is 0 Å². The number of aliphatic carboxylic acids is 1. The number of ether oxygens (including phenoxy) is 1. The summed E-state index contributed by atoms with van der Waals surface area (Å²) < 4.78 is 4.95. The minimum absolute atomic E-state index is 0.0287. The fraction of sp³-hybridized carbons (Fsp3) is 0.636. The molecule has 0 bridgehead atoms. The number of allylic oxidation sites excluding steroid dienone is 1. The molecular formula is C11H19NO4. The Bertz CT molecular complexity index is 300. The Balaban J connectivity index is 4.55. The van der Waals surface area contributed by atoms with Gasteiger partial charge in [-0.3, -0.25) is 5.32 Å². The Morgan fingerprint density at radius 1 is 1.31 bits per heavy atom. The van der Waals surface area contributed by atoms with Crippen molar-refractivity contribution in [2.75, 3.05) is 0 Å². The summed E-state index contributed by atoms with van der Waals surface area (Å²) in [7, 11) is 0. The van der Waals surface area contributed by atoms with Gasteiger partial charge in [-0.1, -0.05) is 19.9 Å². The standard InChI is InChI=1S/C11H19NO4/c1-7(2)6-8(9(13)14)12-10(15)16-11(3,4)5/h6-7H,1-5H3,(H,12,15)(H,13,14). The highest BCUT2D eigenvalue weighted by molar-refractivity contribution is 5.90. The summed E-state index contributed by atoms with van der Waals surface area (Å²) in [6.07, 6.45) is 0.688. The zero-order chi connectivity index (χ0) is 12.9. The molecule has 0 fully saturated rings. The second-order valence-corrected chi connectivity index (χ2v) is 4.76. The van der Waals surface area contributed by atoms with Gasteiger partial charge >= 0.3 is 12.1 Å². The zero-order valence-electron chi connectivity index (χ0n) is 10.3. The zero-order valence-corrected chi connectivity index (χ0v) is 10.3. The summed E-state index contributed by atoms with van der Waals surface area (Å²) in [4.78, 5) is 22.1. The number of nitrogens with one attached hydrogen (secondary N) is 1. The van der Waals surface area contributed by atoms with Crippen molar-refractivity contribution in [1.82, 2.24) is 5.32 Å². The van der Waals surface area contributed by atoms with Crippen LogP contribution in [0.4, 0.5) is 4.79 Å². The quantitative estimate of drug-likeness (QED) is 0.727. The minimum atomic E-state index is -1.18. The number of alkyl carbamates (subject to hydrolysis) is 1. The first-order valence-corrected chi connectivity index (χ1v) is 5.07. The molecule has 1 amide bonds. The van der Waals surface area contributed by atoms with Gasteiger partial charge in [-0.15, -0.1) is 0 Å². The first kappa shape index (κ1) is 14.5. The molecule has 0 aromatic rings. The third-order valence-corrected chi connectivity index (χ3v) is 1.37. The van der Waals surface area contributed by atoms with Crippen LogP contribution in [0.15, 0.2) is 11.8 Å². The smallest absolute Gasteiger partial charge is 0.412 e. The minimum Gasteiger partial charge on any atom is -0.477 e. The number of hydrogen-bond acceptors (Lipinski definition) is 3. The highest BCUT2D eigenvalue weighted by Crippen LogP contribution is 2.08. The lowest BCUT2D eigenvalue weighted by Gasteiger charge is -2.19. The first-order chi connectivity index (χ1) is 7.11. The summed E-state index contributed by atoms with van der Waals surface area (Å²) in [5, 5.41) is 11.0. The molecule has 5 heteroatoms. The van der Waals surface area contributed by atoms with E-state index in [2.05, 4.69) is 5.32 Å². The Morgan fingerprint density at radius 3 is 2.12 bits per heavy atom. The van der Waals surface area contributed by atoms with Crippen LogP contribution in [-0.2, 0) is 9.53 Å². The normalized spacial score (nSPS) is 12.5. The predicted octanol–water partition coefficient (Wildman–Crippen LogP) is 2.14. The lowest BCUT2D eigenvalue weighted by molar-refractivity contribution is -0.133. The van der Waals surface area contributed by atoms with E-state index < -0.39 is 17.7 Å². The maximum absolute atomic E-state index is 11.3. The fourth-order valence-corrected chi connectivity index (χ4v) is 0.913. The molecule has 0 aliphatic heterocycles. The van der Waals surface area contributed by atoms with Gasteiger partial charge in [-0.05, 0) is 26.7 Å². The lowest BCUT2D eigenvalue weighted by Crippen LogP contribution is -2.34. The molecule has 0 spiro atoms. The van der Waals surface area contributed by atoms with Gasteiger partial charge in [0.05, 0.1) is 0 Å². The molecule has 0 rings (SSSR count). The molecule has 16 heavy (non-hydrogen) atoms. The van der Waals surface area contributed by atoms with E-state index in [0.29, 0.717) is 0 Å². The van der Waals surface area contributed by atoms with E-state index in [1.165, 1.54) is 6.08 Å². The van der Waals surface area contributed by atoms with Crippen LogP contribution < -0.4 is 5.32 Å². The number of rotatable bonds is 3. The molecule has 5 nitrogen and oxygen atoms in total. The second kappa shape index (κ2) is 5.53. The Morgan fingerprint density at radius 2 is 1.81 bits per heavy atom. The summed E-state index contributed by atoms with van der Waals surface area (Å²) >= 11 is 0. The van der Waals surface area contributed by atoms with Crippen LogP contribution in [0.3, 0.4) is 0 Å². The molecule has 92 valence electrons. The highest BCUT2D eigenvalue weighted by Gasteiger charge is 2.19. The molecule has 0 radical (unpaired) electrons. The van der Waals surface area contributed by atoms with Crippen LogP contribution in [0.1, 0.15) is 34.6 Å². The van der Waals surface area contributed by atoms with Gasteiger partial charge in [0.25, 0.3) is 0 Å². The van der Waals surface area contributed by atoms with Gasteiger partial charge in [0.1, 0.15) is 11.3 Å². The molecule has 0 aliphatic carbocycles. The van der Waals surface area contributed by atoms with Crippen molar-refractivity contribution in [3.8, 4) is 0 Å². The maximum Gasteiger partial charge on any atom is 0.412 e. The third-order valence-electron chi connectivity index (χ3n) is 1.37. The summed E-state index contributed by atoms with van der Waals surface area (Å²) in [5.74, 6) is -1.15. The fourth-order valence-electron chi connectivity index (χ4n) is 0.913. The second-order valence-electron chi connectivity index (χ2n) is 4.76. The topological polar surface area (TPSA) is 75.6 Å². The average Bonchev–Trinajstić information content (AvgIpc) is 1.97. The Labute approximate surface area is 95.5 Å². The molecule has 0 atom stereocenters. The Kier molecular flexibility index (Phi) is 5.01. The summed E-state index contributed by atoms with van der Waals surface area (Å²) in [6, 6.07) is 0. The van der Waals surface area contributed by atoms with Gasteiger partial charge < -0.3 is 9.84 Å². The van der Waals surface area contributed by atoms with E-state index >= 15 is 0 Å². The Hall–Kier alpha value is -1.52. The molecule has 0 aromatic heterocycles. The molecule has 0 saturated carbocycles. The van der Waals surface area contributed by atoms with Crippen LogP contribution >= 0.6 is 0 Å². The number of carboxylic acids is 1. The highest BCUT2D eigenvalue weighted by atomic mass is 16.6. The van der Waals surface area contributed by atoms with Crippen molar-refractivity contribution >= 4 is 12.1 Å². The molecule has 0 aromatic carbocycles. The predicted molar refractivity (Wildman–Crippen MR) is 59.9 cm³/mol. The van der Waals surface area contributed by atoms with E-state index in [-0.39, 0.29) is 11.6 Å². The van der Waals surface area contributed by atoms with Gasteiger partial charge in [0.2, 0.25) is 0 Å². The monoisotopic (exact) mass is 229 g/mol. The average molecular weight is 229 g/mol. The van der Waals surface area contributed by atoms with Crippen LogP contribution in [0.25, 0.3) is 0 Å². The molecule has 0 unspecified atom stereocenters. The van der Waals surface area contributed by atoms with E-state index in [0.717, 1.165) is 0 Å². The van der Waals surface area contributed by atoms with E-state index in [1.54, 1.807) is 20.8 Å². The summed E-state index contributed by atoms with van der Waals surface area (Å²) in [5.41, 5.74) is -0.810. The van der Waals surface area contributed by atoms with Crippen molar-refractivity contribution < 1.29 is 19.4 Å². The van der Waals surface area contributed by atoms with Crippen LogP contribution in [-0.4, -0.2) is 22.8 Å². The first-order valence-electron chi connectivity index (χ1n) is 5.07. The SMILES string of the molecule is CC(C)C=C(NC(=O)OC(C)(C)C)C(=O)O. The van der Waals surface area contributed by atoms with Crippen LogP contribution in [0.2, 0.25) is 0 Å². The molecule has 0 saturated heterocycles. The van der Waals surface area contributed by atoms with Crippen molar-refractivity contribution in [2.24, 2.45) is 5.92 Å². The lowest BCUT2D eigenvalue weighted by atomic mass is 10.2. The van der Waals surface area contributed by atoms with Gasteiger partial charge in [0.15, 0.2) is 0 Å². The van der Waals surface area contributed by atoms with Gasteiger partial charge in [0, 0.05) is 0 Å². The van der Waals surface area contributed by atoms with Crippen molar-refractivity contribution in [1.29, 1.82) is 0 Å². The van der Waals surface area contributed by atoms with Crippen LogP contribution in [0.5, 0.6) is 0 Å². The van der Waals surface area contributed by atoms with Gasteiger partial charge in [-0.25, -0.2) is 9.59 Å². The molecular weight excluding hydrogens is 210 g/mol. The van der Waals surface area contributed by atoms with Crippen molar-refractivity contribution in [2.45, 2.75) is 40.2 Å². The largest absolute Gasteiger partial charge is 0.477 e. The summed E-state index contributed by atoms with van der Waals surface area (Å²) in [6.45, 7) is 8.76. The molecule has 0 heterocycles. The molecule has 2 N–H and O–H groups in total. The third kappa shape index (κ3) is 6.86. The van der Waals surface area contributed by atoms with E-state index in [4.69, 9.17) is 9.84 Å².